The number of halogens is 4. The Morgan fingerprint density at radius 1 is 1.40 bits per heavy atom. The molecular formula is C16H12ClF3N4O. The summed E-state index contributed by atoms with van der Waals surface area (Å²) < 4.78 is 40.3. The van der Waals surface area contributed by atoms with E-state index in [4.69, 9.17) is 11.6 Å². The second-order valence-electron chi connectivity index (χ2n) is 5.22. The fourth-order valence-electron chi connectivity index (χ4n) is 2.42. The molecule has 0 aliphatic heterocycles. The zero-order valence-electron chi connectivity index (χ0n) is 12.9. The molecule has 5 nitrogen and oxygen atoms in total. The van der Waals surface area contributed by atoms with Crippen LogP contribution in [0, 0.1) is 0 Å². The third-order valence-corrected chi connectivity index (χ3v) is 3.82. The van der Waals surface area contributed by atoms with Crippen LogP contribution in [-0.4, -0.2) is 20.3 Å². The molecule has 0 unspecified atom stereocenters. The number of carbonyl (C=O) groups is 1. The Hall–Kier alpha value is -2.61. The van der Waals surface area contributed by atoms with Crippen LogP contribution in [0.3, 0.4) is 0 Å². The third-order valence-electron chi connectivity index (χ3n) is 3.54. The van der Waals surface area contributed by atoms with Crippen molar-refractivity contribution in [2.45, 2.75) is 19.5 Å². The van der Waals surface area contributed by atoms with E-state index in [1.54, 1.807) is 19.1 Å². The summed E-state index contributed by atoms with van der Waals surface area (Å²) >= 11 is 5.95. The van der Waals surface area contributed by atoms with E-state index in [0.29, 0.717) is 17.8 Å². The molecule has 130 valence electrons. The summed E-state index contributed by atoms with van der Waals surface area (Å²) in [6.45, 7) is 1.75. The number of pyridine rings is 2. The van der Waals surface area contributed by atoms with Gasteiger partial charge in [-0.1, -0.05) is 18.5 Å². The van der Waals surface area contributed by atoms with E-state index >= 15 is 0 Å². The Morgan fingerprint density at radius 2 is 2.16 bits per heavy atom. The predicted octanol–water partition coefficient (Wildman–Crippen LogP) is 4.22. The number of anilines is 1. The van der Waals surface area contributed by atoms with Gasteiger partial charge in [0.1, 0.15) is 5.69 Å². The highest BCUT2D eigenvalue weighted by molar-refractivity contribution is 6.33. The molecule has 3 rings (SSSR count). The minimum atomic E-state index is -4.59. The average molecular weight is 369 g/mol. The van der Waals surface area contributed by atoms with Crippen LogP contribution >= 0.6 is 11.6 Å². The Morgan fingerprint density at radius 3 is 2.76 bits per heavy atom. The monoisotopic (exact) mass is 368 g/mol. The number of imidazole rings is 1. The summed E-state index contributed by atoms with van der Waals surface area (Å²) in [6, 6.07) is 4.05. The Labute approximate surface area is 145 Å². The lowest BCUT2D eigenvalue weighted by atomic mass is 10.2. The molecule has 0 saturated carbocycles. The summed E-state index contributed by atoms with van der Waals surface area (Å²) in [5.74, 6) is -0.590. The molecule has 0 bridgehead atoms. The van der Waals surface area contributed by atoms with E-state index in [2.05, 4.69) is 15.3 Å². The number of alkyl halides is 3. The minimum Gasteiger partial charge on any atom is -0.319 e. The Balaban J connectivity index is 2.15. The molecule has 0 aromatic carbocycles. The van der Waals surface area contributed by atoms with Gasteiger partial charge in [-0.15, -0.1) is 0 Å². The first-order chi connectivity index (χ1) is 11.8. The molecule has 0 atom stereocenters. The second kappa shape index (κ2) is 6.36. The van der Waals surface area contributed by atoms with Crippen LogP contribution in [-0.2, 0) is 12.6 Å². The first-order valence-electron chi connectivity index (χ1n) is 7.30. The van der Waals surface area contributed by atoms with Crippen LogP contribution in [0.5, 0.6) is 0 Å². The van der Waals surface area contributed by atoms with Crippen molar-refractivity contribution in [2.75, 3.05) is 5.32 Å². The van der Waals surface area contributed by atoms with E-state index in [0.717, 1.165) is 16.7 Å². The molecule has 0 spiro atoms. The number of carbonyl (C=O) groups excluding carboxylic acids is 1. The van der Waals surface area contributed by atoms with Gasteiger partial charge in [0.15, 0.2) is 5.65 Å². The summed E-state index contributed by atoms with van der Waals surface area (Å²) in [5, 5.41) is 2.43. The van der Waals surface area contributed by atoms with Crippen molar-refractivity contribution in [3.63, 3.8) is 0 Å². The molecule has 3 heterocycles. The highest BCUT2D eigenvalue weighted by atomic mass is 35.5. The largest absolute Gasteiger partial charge is 0.417 e. The number of hydrogen-bond acceptors (Lipinski definition) is 3. The van der Waals surface area contributed by atoms with Gasteiger partial charge in [0, 0.05) is 12.4 Å². The number of nitrogens with zero attached hydrogens (tertiary/aromatic N) is 3. The number of nitrogens with one attached hydrogen (secondary N) is 1. The first kappa shape index (κ1) is 17.2. The molecular weight excluding hydrogens is 357 g/mol. The summed E-state index contributed by atoms with van der Waals surface area (Å²) in [4.78, 5) is 20.7. The minimum absolute atomic E-state index is 0.00866. The highest BCUT2D eigenvalue weighted by Gasteiger charge is 2.33. The second-order valence-corrected chi connectivity index (χ2v) is 5.63. The fraction of sp³-hybridized carbons (Fsp3) is 0.188. The maximum atomic E-state index is 13.1. The van der Waals surface area contributed by atoms with Crippen LogP contribution in [0.15, 0.2) is 36.8 Å². The first-order valence-corrected chi connectivity index (χ1v) is 7.68. The lowest BCUT2D eigenvalue weighted by molar-refractivity contribution is -0.137. The van der Waals surface area contributed by atoms with Gasteiger partial charge in [0.05, 0.1) is 28.2 Å². The molecule has 0 aliphatic rings. The maximum Gasteiger partial charge on any atom is 0.417 e. The SMILES string of the molecule is CCc1nc2c(Cl)cc(C(F)(F)F)cn2c1C(=O)Nc1cccnc1. The quantitative estimate of drug-likeness (QED) is 0.753. The van der Waals surface area contributed by atoms with Gasteiger partial charge in [-0.25, -0.2) is 4.98 Å². The van der Waals surface area contributed by atoms with Gasteiger partial charge >= 0.3 is 6.18 Å². The van der Waals surface area contributed by atoms with Gasteiger partial charge in [-0.2, -0.15) is 13.2 Å². The third kappa shape index (κ3) is 3.30. The van der Waals surface area contributed by atoms with Crippen molar-refractivity contribution < 1.29 is 18.0 Å². The van der Waals surface area contributed by atoms with Gasteiger partial charge in [-0.3, -0.25) is 14.2 Å². The van der Waals surface area contributed by atoms with Crippen molar-refractivity contribution >= 4 is 28.8 Å². The molecule has 3 aromatic rings. The number of aromatic nitrogens is 3. The highest BCUT2D eigenvalue weighted by Crippen LogP contribution is 2.33. The predicted molar refractivity (Wildman–Crippen MR) is 86.8 cm³/mol. The zero-order chi connectivity index (χ0) is 18.2. The van der Waals surface area contributed by atoms with Crippen molar-refractivity contribution in [3.05, 3.63) is 58.8 Å². The molecule has 0 fully saturated rings. The number of fused-ring (bicyclic) bond motifs is 1. The molecule has 0 saturated heterocycles. The van der Waals surface area contributed by atoms with E-state index < -0.39 is 17.6 Å². The molecule has 0 radical (unpaired) electrons. The van der Waals surface area contributed by atoms with E-state index in [9.17, 15) is 18.0 Å². The molecule has 25 heavy (non-hydrogen) atoms. The van der Waals surface area contributed by atoms with Crippen LogP contribution in [0.1, 0.15) is 28.7 Å². The number of amides is 1. The zero-order valence-corrected chi connectivity index (χ0v) is 13.7. The lowest BCUT2D eigenvalue weighted by Gasteiger charge is -2.10. The molecule has 0 aliphatic carbocycles. The molecule has 1 amide bonds. The van der Waals surface area contributed by atoms with Crippen molar-refractivity contribution in [2.24, 2.45) is 0 Å². The number of hydrogen-bond donors (Lipinski definition) is 1. The van der Waals surface area contributed by atoms with E-state index in [1.807, 2.05) is 0 Å². The van der Waals surface area contributed by atoms with E-state index in [-0.39, 0.29) is 16.4 Å². The van der Waals surface area contributed by atoms with Crippen LogP contribution < -0.4 is 5.32 Å². The van der Waals surface area contributed by atoms with Crippen LogP contribution in [0.2, 0.25) is 5.02 Å². The molecule has 3 aromatic heterocycles. The summed E-state index contributed by atoms with van der Waals surface area (Å²) in [5.41, 5.74) is -0.0807. The Kier molecular flexibility index (Phi) is 4.38. The molecule has 1 N–H and O–H groups in total. The van der Waals surface area contributed by atoms with Gasteiger partial charge in [0.2, 0.25) is 0 Å². The van der Waals surface area contributed by atoms with E-state index in [1.165, 1.54) is 12.4 Å². The lowest BCUT2D eigenvalue weighted by Crippen LogP contribution is -2.17. The van der Waals surface area contributed by atoms with Gasteiger partial charge < -0.3 is 5.32 Å². The maximum absolute atomic E-state index is 13.1. The normalized spacial score (nSPS) is 11.7. The van der Waals surface area contributed by atoms with Gasteiger partial charge in [0.25, 0.3) is 5.91 Å². The Bertz CT molecular complexity index is 938. The van der Waals surface area contributed by atoms with Crippen LogP contribution in [0.25, 0.3) is 5.65 Å². The van der Waals surface area contributed by atoms with Crippen molar-refractivity contribution in [1.29, 1.82) is 0 Å². The number of aryl methyl sites for hydroxylation is 1. The van der Waals surface area contributed by atoms with Crippen molar-refractivity contribution in [3.8, 4) is 0 Å². The smallest absolute Gasteiger partial charge is 0.319 e. The van der Waals surface area contributed by atoms with Gasteiger partial charge in [-0.05, 0) is 24.6 Å². The number of rotatable bonds is 3. The standard InChI is InChI=1S/C16H12ClF3N4O/c1-2-12-13(15(25)22-10-4-3-5-21-7-10)24-8-9(16(18,19)20)6-11(17)14(24)23-12/h3-8H,2H2,1H3,(H,22,25). The van der Waals surface area contributed by atoms with Crippen LogP contribution in [0.4, 0.5) is 18.9 Å². The molecule has 9 heteroatoms. The fourth-order valence-corrected chi connectivity index (χ4v) is 2.67. The van der Waals surface area contributed by atoms with Crippen molar-refractivity contribution in [1.82, 2.24) is 14.4 Å². The average Bonchev–Trinajstić information content (AvgIpc) is 2.94. The summed E-state index contributed by atoms with van der Waals surface area (Å²) in [7, 11) is 0. The topological polar surface area (TPSA) is 59.3 Å². The summed E-state index contributed by atoms with van der Waals surface area (Å²) in [6.07, 6.45) is -0.441.